The van der Waals surface area contributed by atoms with Crippen LogP contribution in [-0.4, -0.2) is 36.6 Å². The van der Waals surface area contributed by atoms with Crippen LogP contribution in [0.1, 0.15) is 25.8 Å². The highest BCUT2D eigenvalue weighted by atomic mass is 16.5. The molecular weight excluding hydrogens is 270 g/mol. The lowest BCUT2D eigenvalue weighted by Gasteiger charge is -2.34. The number of hydrogen-bond acceptors (Lipinski definition) is 5. The molecule has 1 saturated heterocycles. The summed E-state index contributed by atoms with van der Waals surface area (Å²) >= 11 is 0. The smallest absolute Gasteiger partial charge is 0.293 e. The Morgan fingerprint density at radius 1 is 1.33 bits per heavy atom. The predicted molar refractivity (Wildman–Crippen MR) is 79.6 cm³/mol. The Hall–Kier alpha value is -1.72. The maximum absolute atomic E-state index is 10.6. The largest absolute Gasteiger partial charge is 0.463 e. The Morgan fingerprint density at radius 3 is 2.48 bits per heavy atom. The topological polar surface area (TPSA) is 75.6 Å². The van der Waals surface area contributed by atoms with Gasteiger partial charge in [-0.15, -0.1) is 0 Å². The van der Waals surface area contributed by atoms with E-state index in [4.69, 9.17) is 0 Å². The van der Waals surface area contributed by atoms with Gasteiger partial charge in [0.25, 0.3) is 6.47 Å². The second-order valence-corrected chi connectivity index (χ2v) is 5.69. The minimum atomic E-state index is -0.839. The first-order valence-electron chi connectivity index (χ1n) is 6.94. The first-order chi connectivity index (χ1) is 9.95. The van der Waals surface area contributed by atoms with Crippen molar-refractivity contribution in [2.75, 3.05) is 13.1 Å². The van der Waals surface area contributed by atoms with E-state index in [0.29, 0.717) is 26.0 Å². The molecule has 2 N–H and O–H groups in total. The zero-order valence-electron chi connectivity index (χ0n) is 12.5. The summed E-state index contributed by atoms with van der Waals surface area (Å²) in [7, 11) is 0. The van der Waals surface area contributed by atoms with Crippen LogP contribution in [0.15, 0.2) is 30.3 Å². The molecule has 0 aliphatic carbocycles. The summed E-state index contributed by atoms with van der Waals surface area (Å²) in [5.41, 5.74) is -0.458. The standard InChI is InChI=1S/C8H15NO2.C8H8O2/c1-7(2,6-10)8(11)3-4-9-5-8;9-7-10-6-8-4-2-1-3-5-8/h6,9,11H,3-5H2,1-2H3;1-5,7H,6H2. The van der Waals surface area contributed by atoms with Crippen LogP contribution in [0, 0.1) is 5.41 Å². The fourth-order valence-electron chi connectivity index (χ4n) is 2.04. The summed E-state index contributed by atoms with van der Waals surface area (Å²) in [6.07, 6.45) is 1.50. The number of hydrogen-bond donors (Lipinski definition) is 2. The Morgan fingerprint density at radius 2 is 2.00 bits per heavy atom. The van der Waals surface area contributed by atoms with E-state index in [-0.39, 0.29) is 0 Å². The summed E-state index contributed by atoms with van der Waals surface area (Å²) in [4.78, 5) is 20.4. The molecule has 0 aromatic heterocycles. The van der Waals surface area contributed by atoms with Gasteiger partial charge in [0, 0.05) is 6.54 Å². The van der Waals surface area contributed by atoms with E-state index in [9.17, 15) is 14.7 Å². The lowest BCUT2D eigenvalue weighted by molar-refractivity contribution is -0.130. The van der Waals surface area contributed by atoms with E-state index in [0.717, 1.165) is 18.4 Å². The molecule has 0 radical (unpaired) electrons. The maximum atomic E-state index is 10.6. The molecule has 1 atom stereocenters. The van der Waals surface area contributed by atoms with Crippen LogP contribution in [0.5, 0.6) is 0 Å². The first-order valence-corrected chi connectivity index (χ1v) is 6.94. The molecule has 5 nitrogen and oxygen atoms in total. The van der Waals surface area contributed by atoms with E-state index in [1.54, 1.807) is 13.8 Å². The number of β-amino-alcohol motifs (C(OH)–C–C–N with tert-alkyl or cyclic N) is 1. The zero-order chi connectivity index (χ0) is 15.8. The molecular formula is C16H23NO4. The van der Waals surface area contributed by atoms with E-state index in [1.807, 2.05) is 30.3 Å². The van der Waals surface area contributed by atoms with Gasteiger partial charge in [-0.3, -0.25) is 4.79 Å². The number of benzene rings is 1. The van der Waals surface area contributed by atoms with Crippen LogP contribution in [0.4, 0.5) is 0 Å². The van der Waals surface area contributed by atoms with Crippen molar-refractivity contribution in [1.29, 1.82) is 0 Å². The molecule has 1 aromatic rings. The number of carbonyl (C=O) groups excluding carboxylic acids is 2. The molecule has 1 heterocycles. The van der Waals surface area contributed by atoms with Crippen LogP contribution in [0.3, 0.4) is 0 Å². The fourth-order valence-corrected chi connectivity index (χ4v) is 2.04. The van der Waals surface area contributed by atoms with Crippen molar-refractivity contribution in [2.24, 2.45) is 5.41 Å². The Balaban J connectivity index is 0.000000211. The van der Waals surface area contributed by atoms with E-state index in [1.165, 1.54) is 0 Å². The maximum Gasteiger partial charge on any atom is 0.293 e. The average molecular weight is 293 g/mol. The molecule has 0 amide bonds. The third-order valence-corrected chi connectivity index (χ3v) is 3.79. The van der Waals surface area contributed by atoms with Crippen LogP contribution >= 0.6 is 0 Å². The minimum Gasteiger partial charge on any atom is -0.463 e. The lowest BCUT2D eigenvalue weighted by Crippen LogP contribution is -2.47. The molecule has 0 spiro atoms. The van der Waals surface area contributed by atoms with Gasteiger partial charge in [-0.1, -0.05) is 44.2 Å². The van der Waals surface area contributed by atoms with Crippen LogP contribution < -0.4 is 5.32 Å². The van der Waals surface area contributed by atoms with Gasteiger partial charge in [0.05, 0.1) is 11.0 Å². The van der Waals surface area contributed by atoms with Crippen molar-refractivity contribution >= 4 is 12.8 Å². The molecule has 21 heavy (non-hydrogen) atoms. The number of rotatable bonds is 5. The quantitative estimate of drug-likeness (QED) is 0.800. The lowest BCUT2D eigenvalue weighted by atomic mass is 9.75. The summed E-state index contributed by atoms with van der Waals surface area (Å²) < 4.78 is 4.54. The van der Waals surface area contributed by atoms with Crippen molar-refractivity contribution in [1.82, 2.24) is 5.32 Å². The highest BCUT2D eigenvalue weighted by Gasteiger charge is 2.45. The zero-order valence-corrected chi connectivity index (χ0v) is 12.5. The number of nitrogens with one attached hydrogen (secondary N) is 1. The molecule has 1 aliphatic rings. The Labute approximate surface area is 125 Å². The summed E-state index contributed by atoms with van der Waals surface area (Å²) in [6.45, 7) is 5.68. The van der Waals surface area contributed by atoms with Crippen LogP contribution in [0.2, 0.25) is 0 Å². The van der Waals surface area contributed by atoms with Crippen molar-refractivity contribution in [3.8, 4) is 0 Å². The van der Waals surface area contributed by atoms with Crippen molar-refractivity contribution < 1.29 is 19.4 Å². The number of aldehydes is 1. The van der Waals surface area contributed by atoms with Gasteiger partial charge in [0.15, 0.2) is 0 Å². The third-order valence-electron chi connectivity index (χ3n) is 3.79. The molecule has 1 aromatic carbocycles. The molecule has 1 unspecified atom stereocenters. The van der Waals surface area contributed by atoms with Gasteiger partial charge in [-0.25, -0.2) is 0 Å². The van der Waals surface area contributed by atoms with Gasteiger partial charge < -0.3 is 20.0 Å². The second kappa shape index (κ2) is 7.90. The summed E-state index contributed by atoms with van der Waals surface area (Å²) in [5.74, 6) is 0. The number of aliphatic hydroxyl groups is 1. The summed E-state index contributed by atoms with van der Waals surface area (Å²) in [5, 5.41) is 13.0. The molecule has 0 saturated carbocycles. The molecule has 0 bridgehead atoms. The number of carbonyl (C=O) groups is 2. The van der Waals surface area contributed by atoms with Crippen molar-refractivity contribution in [2.45, 2.75) is 32.5 Å². The molecule has 1 aliphatic heterocycles. The summed E-state index contributed by atoms with van der Waals surface area (Å²) in [6, 6.07) is 9.55. The minimum absolute atomic E-state index is 0.365. The second-order valence-electron chi connectivity index (χ2n) is 5.69. The first kappa shape index (κ1) is 17.3. The monoisotopic (exact) mass is 293 g/mol. The van der Waals surface area contributed by atoms with E-state index in [2.05, 4.69) is 10.1 Å². The highest BCUT2D eigenvalue weighted by molar-refractivity contribution is 5.60. The fraction of sp³-hybridized carbons (Fsp3) is 0.500. The predicted octanol–water partition coefficient (Wildman–Crippen LogP) is 1.30. The van der Waals surface area contributed by atoms with Gasteiger partial charge in [0.2, 0.25) is 0 Å². The van der Waals surface area contributed by atoms with Crippen LogP contribution in [-0.2, 0) is 20.9 Å². The Bertz CT molecular complexity index is 439. The van der Waals surface area contributed by atoms with Gasteiger partial charge >= 0.3 is 0 Å². The normalized spacial score (nSPS) is 21.1. The van der Waals surface area contributed by atoms with Crippen molar-refractivity contribution in [3.63, 3.8) is 0 Å². The molecule has 2 rings (SSSR count). The number of ether oxygens (including phenoxy) is 1. The molecule has 116 valence electrons. The SMILES string of the molecule is CC(C)(C=O)C1(O)CCNC1.O=COCc1ccccc1. The molecule has 5 heteroatoms. The molecule has 1 fully saturated rings. The van der Waals surface area contributed by atoms with E-state index >= 15 is 0 Å². The van der Waals surface area contributed by atoms with Crippen molar-refractivity contribution in [3.05, 3.63) is 35.9 Å². The Kier molecular flexibility index (Phi) is 6.52. The van der Waals surface area contributed by atoms with E-state index < -0.39 is 11.0 Å². The van der Waals surface area contributed by atoms with Crippen LogP contribution in [0.25, 0.3) is 0 Å². The third kappa shape index (κ3) is 4.95. The van der Waals surface area contributed by atoms with Gasteiger partial charge in [-0.2, -0.15) is 0 Å². The highest BCUT2D eigenvalue weighted by Crippen LogP contribution is 2.33. The van der Waals surface area contributed by atoms with Gasteiger partial charge in [-0.05, 0) is 18.5 Å². The average Bonchev–Trinajstić information content (AvgIpc) is 2.95. The van der Waals surface area contributed by atoms with Gasteiger partial charge in [0.1, 0.15) is 12.9 Å².